The third kappa shape index (κ3) is 7.06. The molecule has 1 unspecified atom stereocenters. The van der Waals surface area contributed by atoms with Crippen molar-refractivity contribution in [2.24, 2.45) is 5.92 Å². The lowest BCUT2D eigenvalue weighted by Crippen LogP contribution is -2.13. The highest BCUT2D eigenvalue weighted by Gasteiger charge is 2.12. The molecule has 1 heteroatoms. The number of aliphatic hydroxyl groups excluding tert-OH is 1. The molecule has 0 fully saturated rings. The molecule has 0 radical (unpaired) electrons. The molecule has 0 amide bonds. The molecule has 0 saturated heterocycles. The summed E-state index contributed by atoms with van der Waals surface area (Å²) in [4.78, 5) is 0. The Morgan fingerprint density at radius 2 is 1.31 bits per heavy atom. The predicted octanol–water partition coefficient (Wildman–Crippen LogP) is 3.75. The smallest absolute Gasteiger partial charge is 0.0542 e. The van der Waals surface area contributed by atoms with Crippen molar-refractivity contribution in [3.63, 3.8) is 0 Å². The molecule has 1 atom stereocenters. The maximum absolute atomic E-state index is 9.67. The summed E-state index contributed by atoms with van der Waals surface area (Å²) in [6.45, 7) is 6.60. The van der Waals surface area contributed by atoms with Crippen molar-refractivity contribution in [1.82, 2.24) is 0 Å². The number of hydrogen-bond donors (Lipinski definition) is 1. The molecular formula is C12H26O. The number of hydrogen-bond acceptors (Lipinski definition) is 1. The van der Waals surface area contributed by atoms with Crippen LogP contribution in [0.3, 0.4) is 0 Å². The van der Waals surface area contributed by atoms with E-state index in [9.17, 15) is 5.11 Å². The standard InChI is InChI=1S/C12H26O/c1-4-7-11(8-5-2)10-12(13)9-6-3/h11-13H,4-10H2,1-3H3. The fourth-order valence-corrected chi connectivity index (χ4v) is 2.03. The molecule has 0 saturated carbocycles. The van der Waals surface area contributed by atoms with Crippen LogP contribution in [0.15, 0.2) is 0 Å². The first kappa shape index (κ1) is 13.0. The van der Waals surface area contributed by atoms with Crippen LogP contribution >= 0.6 is 0 Å². The molecule has 0 aromatic carbocycles. The lowest BCUT2D eigenvalue weighted by atomic mass is 9.91. The van der Waals surface area contributed by atoms with Crippen LogP contribution in [0.5, 0.6) is 0 Å². The van der Waals surface area contributed by atoms with Crippen molar-refractivity contribution in [3.8, 4) is 0 Å². The van der Waals surface area contributed by atoms with Crippen LogP contribution in [-0.4, -0.2) is 11.2 Å². The van der Waals surface area contributed by atoms with Gasteiger partial charge in [0.2, 0.25) is 0 Å². The summed E-state index contributed by atoms with van der Waals surface area (Å²) in [7, 11) is 0. The molecule has 0 rings (SSSR count). The average Bonchev–Trinajstić information content (AvgIpc) is 2.05. The molecule has 0 aromatic heterocycles. The molecule has 0 aliphatic rings. The van der Waals surface area contributed by atoms with Crippen molar-refractivity contribution in [3.05, 3.63) is 0 Å². The van der Waals surface area contributed by atoms with Gasteiger partial charge in [0.05, 0.1) is 6.10 Å². The van der Waals surface area contributed by atoms with Crippen molar-refractivity contribution >= 4 is 0 Å². The third-order valence-corrected chi connectivity index (χ3v) is 2.62. The zero-order valence-electron chi connectivity index (χ0n) is 9.55. The first-order chi connectivity index (χ1) is 6.24. The Kier molecular flexibility index (Phi) is 8.53. The van der Waals surface area contributed by atoms with Crippen molar-refractivity contribution in [2.45, 2.75) is 71.8 Å². The van der Waals surface area contributed by atoms with Crippen LogP contribution in [0, 0.1) is 5.92 Å². The van der Waals surface area contributed by atoms with Crippen LogP contribution in [0.1, 0.15) is 65.7 Å². The molecule has 80 valence electrons. The second-order valence-electron chi connectivity index (χ2n) is 4.12. The Hall–Kier alpha value is -0.0400. The first-order valence-corrected chi connectivity index (χ1v) is 5.92. The van der Waals surface area contributed by atoms with Gasteiger partial charge in [-0.2, -0.15) is 0 Å². The van der Waals surface area contributed by atoms with Crippen molar-refractivity contribution in [2.75, 3.05) is 0 Å². The van der Waals surface area contributed by atoms with E-state index in [1.807, 2.05) is 0 Å². The zero-order chi connectivity index (χ0) is 10.1. The highest BCUT2D eigenvalue weighted by molar-refractivity contribution is 4.64. The van der Waals surface area contributed by atoms with Crippen LogP contribution < -0.4 is 0 Å². The summed E-state index contributed by atoms with van der Waals surface area (Å²) >= 11 is 0. The van der Waals surface area contributed by atoms with E-state index in [0.717, 1.165) is 25.2 Å². The van der Waals surface area contributed by atoms with Gasteiger partial charge in [-0.05, 0) is 18.8 Å². The summed E-state index contributed by atoms with van der Waals surface area (Å²) in [5, 5.41) is 9.67. The zero-order valence-corrected chi connectivity index (χ0v) is 9.55. The van der Waals surface area contributed by atoms with Crippen LogP contribution in [0.4, 0.5) is 0 Å². The van der Waals surface area contributed by atoms with Crippen LogP contribution in [0.25, 0.3) is 0 Å². The normalized spacial score (nSPS) is 13.6. The van der Waals surface area contributed by atoms with Gasteiger partial charge in [0.25, 0.3) is 0 Å². The van der Waals surface area contributed by atoms with Gasteiger partial charge < -0.3 is 5.11 Å². The third-order valence-electron chi connectivity index (χ3n) is 2.62. The van der Waals surface area contributed by atoms with Gasteiger partial charge in [0, 0.05) is 0 Å². The topological polar surface area (TPSA) is 20.2 Å². The summed E-state index contributed by atoms with van der Waals surface area (Å²) in [6.07, 6.45) is 8.13. The quantitative estimate of drug-likeness (QED) is 0.612. The second kappa shape index (κ2) is 8.55. The molecule has 1 nitrogen and oxygen atoms in total. The predicted molar refractivity (Wildman–Crippen MR) is 58.8 cm³/mol. The Balaban J connectivity index is 3.64. The minimum atomic E-state index is -0.0481. The van der Waals surface area contributed by atoms with E-state index in [4.69, 9.17) is 0 Å². The Morgan fingerprint density at radius 3 is 1.69 bits per heavy atom. The first-order valence-electron chi connectivity index (χ1n) is 5.92. The minimum Gasteiger partial charge on any atom is -0.393 e. The van der Waals surface area contributed by atoms with E-state index >= 15 is 0 Å². The van der Waals surface area contributed by atoms with Crippen molar-refractivity contribution in [1.29, 1.82) is 0 Å². The molecule has 1 N–H and O–H groups in total. The van der Waals surface area contributed by atoms with Gasteiger partial charge in [-0.1, -0.05) is 52.9 Å². The van der Waals surface area contributed by atoms with Gasteiger partial charge in [0.1, 0.15) is 0 Å². The molecular weight excluding hydrogens is 160 g/mol. The highest BCUT2D eigenvalue weighted by atomic mass is 16.3. The van der Waals surface area contributed by atoms with Crippen LogP contribution in [0.2, 0.25) is 0 Å². The largest absolute Gasteiger partial charge is 0.393 e. The molecule has 0 bridgehead atoms. The van der Waals surface area contributed by atoms with Gasteiger partial charge in [-0.15, -0.1) is 0 Å². The minimum absolute atomic E-state index is 0.0481. The fourth-order valence-electron chi connectivity index (χ4n) is 2.03. The molecule has 0 aliphatic heterocycles. The molecule has 0 aliphatic carbocycles. The monoisotopic (exact) mass is 186 g/mol. The Labute approximate surface area is 83.5 Å². The maximum Gasteiger partial charge on any atom is 0.0542 e. The van der Waals surface area contributed by atoms with Gasteiger partial charge in [-0.3, -0.25) is 0 Å². The molecule has 0 heterocycles. The Morgan fingerprint density at radius 1 is 0.846 bits per heavy atom. The second-order valence-corrected chi connectivity index (χ2v) is 4.12. The van der Waals surface area contributed by atoms with E-state index in [1.165, 1.54) is 25.7 Å². The van der Waals surface area contributed by atoms with E-state index in [-0.39, 0.29) is 6.10 Å². The summed E-state index contributed by atoms with van der Waals surface area (Å²) in [5.41, 5.74) is 0. The molecule has 13 heavy (non-hydrogen) atoms. The molecule has 0 spiro atoms. The van der Waals surface area contributed by atoms with Gasteiger partial charge in [0.15, 0.2) is 0 Å². The van der Waals surface area contributed by atoms with Crippen molar-refractivity contribution < 1.29 is 5.11 Å². The SMILES string of the molecule is CCCC(O)CC(CCC)CCC. The lowest BCUT2D eigenvalue weighted by molar-refractivity contribution is 0.127. The lowest BCUT2D eigenvalue weighted by Gasteiger charge is -2.18. The maximum atomic E-state index is 9.67. The van der Waals surface area contributed by atoms with E-state index in [0.29, 0.717) is 0 Å². The Bertz CT molecular complexity index is 95.3. The molecule has 0 aromatic rings. The number of aliphatic hydroxyl groups is 1. The van der Waals surface area contributed by atoms with E-state index in [2.05, 4.69) is 20.8 Å². The number of rotatable bonds is 8. The van der Waals surface area contributed by atoms with E-state index < -0.39 is 0 Å². The summed E-state index contributed by atoms with van der Waals surface area (Å²) in [6, 6.07) is 0. The van der Waals surface area contributed by atoms with Gasteiger partial charge in [-0.25, -0.2) is 0 Å². The van der Waals surface area contributed by atoms with Crippen LogP contribution in [-0.2, 0) is 0 Å². The van der Waals surface area contributed by atoms with Gasteiger partial charge >= 0.3 is 0 Å². The highest BCUT2D eigenvalue weighted by Crippen LogP contribution is 2.20. The van der Waals surface area contributed by atoms with E-state index in [1.54, 1.807) is 0 Å². The summed E-state index contributed by atoms with van der Waals surface area (Å²) < 4.78 is 0. The average molecular weight is 186 g/mol. The summed E-state index contributed by atoms with van der Waals surface area (Å²) in [5.74, 6) is 0.761. The fraction of sp³-hybridized carbons (Fsp3) is 1.00.